The molecule has 3 aromatic rings. The number of benzene rings is 3. The maximum absolute atomic E-state index is 13.7. The van der Waals surface area contributed by atoms with E-state index in [1.54, 1.807) is 25.3 Å². The third-order valence-corrected chi connectivity index (χ3v) is 5.50. The molecule has 0 aliphatic carbocycles. The lowest BCUT2D eigenvalue weighted by molar-refractivity contribution is -0.120. The van der Waals surface area contributed by atoms with Crippen LogP contribution in [0.5, 0.6) is 11.5 Å². The maximum atomic E-state index is 13.7. The fourth-order valence-electron chi connectivity index (χ4n) is 3.84. The average Bonchev–Trinajstić information content (AvgIpc) is 3.09. The zero-order valence-electron chi connectivity index (χ0n) is 19.7. The molecule has 0 radical (unpaired) electrons. The van der Waals surface area contributed by atoms with E-state index in [1.807, 2.05) is 80.5 Å². The van der Waals surface area contributed by atoms with Crippen LogP contribution < -0.4 is 24.6 Å². The van der Waals surface area contributed by atoms with E-state index in [0.29, 0.717) is 29.3 Å². The van der Waals surface area contributed by atoms with Gasteiger partial charge in [-0.2, -0.15) is 0 Å². The van der Waals surface area contributed by atoms with Crippen molar-refractivity contribution in [2.45, 2.75) is 6.92 Å². The minimum Gasteiger partial charge on any atom is -0.496 e. The Balaban J connectivity index is 1.80. The first kappa shape index (κ1) is 22.9. The first-order valence-corrected chi connectivity index (χ1v) is 11.0. The Hall–Kier alpha value is -4.26. The average molecular weight is 458 g/mol. The van der Waals surface area contributed by atoms with Crippen LogP contribution in [-0.4, -0.2) is 39.6 Å². The third-order valence-electron chi connectivity index (χ3n) is 5.50. The van der Waals surface area contributed by atoms with Crippen molar-refractivity contribution < 1.29 is 19.1 Å². The van der Waals surface area contributed by atoms with Crippen LogP contribution >= 0.6 is 0 Å². The van der Waals surface area contributed by atoms with E-state index < -0.39 is 11.8 Å². The molecule has 0 bridgehead atoms. The summed E-state index contributed by atoms with van der Waals surface area (Å²) in [6, 6.07) is 21.7. The molecule has 3 aromatic carbocycles. The summed E-state index contributed by atoms with van der Waals surface area (Å²) >= 11 is 0. The molecular weight excluding hydrogens is 430 g/mol. The molecule has 1 aliphatic heterocycles. The van der Waals surface area contributed by atoms with Gasteiger partial charge in [-0.1, -0.05) is 24.3 Å². The van der Waals surface area contributed by atoms with Crippen LogP contribution in [0.4, 0.5) is 17.1 Å². The molecule has 0 saturated heterocycles. The van der Waals surface area contributed by atoms with Gasteiger partial charge in [0, 0.05) is 31.0 Å². The minimum absolute atomic E-state index is 0.189. The zero-order valence-corrected chi connectivity index (χ0v) is 19.7. The summed E-state index contributed by atoms with van der Waals surface area (Å²) in [6.07, 6.45) is 0. The molecular formula is C27H27N3O4. The Morgan fingerprint density at radius 1 is 0.912 bits per heavy atom. The van der Waals surface area contributed by atoms with Gasteiger partial charge >= 0.3 is 0 Å². The second-order valence-corrected chi connectivity index (χ2v) is 7.89. The fourth-order valence-corrected chi connectivity index (χ4v) is 3.84. The van der Waals surface area contributed by atoms with Crippen molar-refractivity contribution in [2.24, 2.45) is 0 Å². The number of anilines is 3. The molecule has 34 heavy (non-hydrogen) atoms. The van der Waals surface area contributed by atoms with Crippen molar-refractivity contribution in [2.75, 3.05) is 42.9 Å². The van der Waals surface area contributed by atoms with Crippen LogP contribution in [0, 0.1) is 0 Å². The topological polar surface area (TPSA) is 71.1 Å². The molecule has 0 aromatic heterocycles. The van der Waals surface area contributed by atoms with Gasteiger partial charge in [0.25, 0.3) is 11.8 Å². The monoisotopic (exact) mass is 457 g/mol. The fraction of sp³-hybridized carbons (Fsp3) is 0.185. The van der Waals surface area contributed by atoms with Crippen LogP contribution in [0.25, 0.3) is 5.57 Å². The van der Waals surface area contributed by atoms with E-state index in [2.05, 4.69) is 5.32 Å². The quantitative estimate of drug-likeness (QED) is 0.500. The van der Waals surface area contributed by atoms with Crippen molar-refractivity contribution in [3.05, 3.63) is 84.1 Å². The molecule has 0 atom stereocenters. The lowest BCUT2D eigenvalue weighted by Gasteiger charge is -2.19. The Bertz CT molecular complexity index is 1250. The molecule has 0 saturated carbocycles. The number of carbonyl (C=O) groups excluding carboxylic acids is 2. The number of hydrogen-bond acceptors (Lipinski definition) is 6. The van der Waals surface area contributed by atoms with Gasteiger partial charge in [-0.15, -0.1) is 0 Å². The highest BCUT2D eigenvalue weighted by Crippen LogP contribution is 2.38. The SMILES string of the molecule is CCOc1ccc(NC2=C(c3ccccc3OC)C(=O)N(c3cccc(N(C)C)c3)C2=O)cc1. The standard InChI is InChI=1S/C27H27N3O4/c1-5-34-21-15-13-18(14-16-21)28-25-24(22-11-6-7-12-23(22)33-4)26(31)30(27(25)32)20-10-8-9-19(17-20)29(2)3/h6-17,28H,5H2,1-4H3. The normalized spacial score (nSPS) is 13.4. The van der Waals surface area contributed by atoms with E-state index in [-0.39, 0.29) is 11.3 Å². The second kappa shape index (κ2) is 9.70. The third kappa shape index (κ3) is 4.32. The van der Waals surface area contributed by atoms with Crippen molar-refractivity contribution in [3.8, 4) is 11.5 Å². The Morgan fingerprint density at radius 2 is 1.65 bits per heavy atom. The highest BCUT2D eigenvalue weighted by Gasteiger charge is 2.41. The molecule has 2 amide bonds. The van der Waals surface area contributed by atoms with Gasteiger partial charge in [0.15, 0.2) is 0 Å². The lowest BCUT2D eigenvalue weighted by Crippen LogP contribution is -2.32. The van der Waals surface area contributed by atoms with Gasteiger partial charge < -0.3 is 19.7 Å². The van der Waals surface area contributed by atoms with E-state index >= 15 is 0 Å². The Kier molecular flexibility index (Phi) is 6.54. The number of rotatable bonds is 8. The van der Waals surface area contributed by atoms with Gasteiger partial charge in [0.05, 0.1) is 25.0 Å². The van der Waals surface area contributed by atoms with Gasteiger partial charge in [0.2, 0.25) is 0 Å². The number of para-hydroxylation sites is 1. The number of amides is 2. The van der Waals surface area contributed by atoms with E-state index in [4.69, 9.17) is 9.47 Å². The molecule has 1 N–H and O–H groups in total. The number of hydrogen-bond donors (Lipinski definition) is 1. The van der Waals surface area contributed by atoms with Crippen LogP contribution in [0.15, 0.2) is 78.5 Å². The number of nitrogens with zero attached hydrogens (tertiary/aromatic N) is 2. The Morgan fingerprint density at radius 3 is 2.32 bits per heavy atom. The van der Waals surface area contributed by atoms with E-state index in [0.717, 1.165) is 11.4 Å². The number of ether oxygens (including phenoxy) is 2. The van der Waals surface area contributed by atoms with Crippen molar-refractivity contribution in [1.82, 2.24) is 0 Å². The first-order chi connectivity index (χ1) is 16.4. The van der Waals surface area contributed by atoms with Gasteiger partial charge in [-0.05, 0) is 55.5 Å². The number of imide groups is 1. The molecule has 174 valence electrons. The number of nitrogens with one attached hydrogen (secondary N) is 1. The molecule has 1 aliphatic rings. The predicted molar refractivity (Wildman–Crippen MR) is 134 cm³/mol. The molecule has 7 heteroatoms. The summed E-state index contributed by atoms with van der Waals surface area (Å²) in [7, 11) is 5.35. The lowest BCUT2D eigenvalue weighted by atomic mass is 10.0. The second-order valence-electron chi connectivity index (χ2n) is 7.89. The van der Waals surface area contributed by atoms with Crippen LogP contribution in [0.3, 0.4) is 0 Å². The summed E-state index contributed by atoms with van der Waals surface area (Å²) in [5, 5.41) is 3.17. The summed E-state index contributed by atoms with van der Waals surface area (Å²) in [4.78, 5) is 30.5. The molecule has 4 rings (SSSR count). The number of carbonyl (C=O) groups is 2. The van der Waals surface area contributed by atoms with Crippen LogP contribution in [-0.2, 0) is 9.59 Å². The maximum Gasteiger partial charge on any atom is 0.282 e. The van der Waals surface area contributed by atoms with Crippen LogP contribution in [0.2, 0.25) is 0 Å². The summed E-state index contributed by atoms with van der Waals surface area (Å²) in [6.45, 7) is 2.48. The van der Waals surface area contributed by atoms with Crippen molar-refractivity contribution in [1.29, 1.82) is 0 Å². The predicted octanol–water partition coefficient (Wildman–Crippen LogP) is 4.56. The minimum atomic E-state index is -0.435. The summed E-state index contributed by atoms with van der Waals surface area (Å²) < 4.78 is 11.0. The first-order valence-electron chi connectivity index (χ1n) is 11.0. The van der Waals surface area contributed by atoms with E-state index in [1.165, 1.54) is 4.90 Å². The highest BCUT2D eigenvalue weighted by atomic mass is 16.5. The zero-order chi connectivity index (χ0) is 24.2. The van der Waals surface area contributed by atoms with Gasteiger partial charge in [-0.3, -0.25) is 9.59 Å². The smallest absolute Gasteiger partial charge is 0.282 e. The summed E-state index contributed by atoms with van der Waals surface area (Å²) in [5.41, 5.74) is 3.03. The highest BCUT2D eigenvalue weighted by molar-refractivity contribution is 6.46. The molecule has 1 heterocycles. The molecule has 0 spiro atoms. The summed E-state index contributed by atoms with van der Waals surface area (Å²) in [5.74, 6) is 0.381. The van der Waals surface area contributed by atoms with Crippen molar-refractivity contribution in [3.63, 3.8) is 0 Å². The largest absolute Gasteiger partial charge is 0.496 e. The van der Waals surface area contributed by atoms with E-state index in [9.17, 15) is 9.59 Å². The van der Waals surface area contributed by atoms with Crippen molar-refractivity contribution >= 4 is 34.4 Å². The van der Waals surface area contributed by atoms with Crippen LogP contribution in [0.1, 0.15) is 12.5 Å². The Labute approximate surface area is 199 Å². The number of methoxy groups -OCH3 is 1. The molecule has 0 fully saturated rings. The van der Waals surface area contributed by atoms with Gasteiger partial charge in [0.1, 0.15) is 17.2 Å². The van der Waals surface area contributed by atoms with Gasteiger partial charge in [-0.25, -0.2) is 4.90 Å². The molecule has 0 unspecified atom stereocenters. The molecule has 7 nitrogen and oxygen atoms in total.